The molecule has 0 amide bonds. The van der Waals surface area contributed by atoms with Crippen molar-refractivity contribution in [3.8, 4) is 0 Å². The van der Waals surface area contributed by atoms with Crippen molar-refractivity contribution in [3.63, 3.8) is 0 Å². The highest BCUT2D eigenvalue weighted by Gasteiger charge is 2.33. The Labute approximate surface area is 95.2 Å². The lowest BCUT2D eigenvalue weighted by molar-refractivity contribution is -0.145. The van der Waals surface area contributed by atoms with Gasteiger partial charge in [0.2, 0.25) is 0 Å². The molecule has 0 aliphatic carbocycles. The van der Waals surface area contributed by atoms with Gasteiger partial charge in [-0.2, -0.15) is 0 Å². The van der Waals surface area contributed by atoms with E-state index in [4.69, 9.17) is 15.9 Å². The minimum Gasteiger partial charge on any atom is -0.480 e. The molecule has 0 aromatic rings. The average molecular weight is 231 g/mol. The van der Waals surface area contributed by atoms with E-state index >= 15 is 0 Å². The van der Waals surface area contributed by atoms with Crippen LogP contribution in [0.5, 0.6) is 0 Å². The van der Waals surface area contributed by atoms with Gasteiger partial charge in [0.15, 0.2) is 0 Å². The third-order valence-corrected chi connectivity index (χ3v) is 2.96. The Morgan fingerprint density at radius 2 is 2.19 bits per heavy atom. The highest BCUT2D eigenvalue weighted by molar-refractivity contribution is 5.78. The van der Waals surface area contributed by atoms with Gasteiger partial charge in [-0.15, -0.1) is 0 Å². The molecule has 1 aliphatic heterocycles. The average Bonchev–Trinajstić information content (AvgIpc) is 2.93. The molecule has 1 heterocycles. The molecule has 0 radical (unpaired) electrons. The zero-order valence-corrected chi connectivity index (χ0v) is 9.57. The third-order valence-electron chi connectivity index (χ3n) is 2.96. The fourth-order valence-electron chi connectivity index (χ4n) is 1.54. The van der Waals surface area contributed by atoms with E-state index in [9.17, 15) is 4.79 Å². The highest BCUT2D eigenvalue weighted by Crippen LogP contribution is 2.11. The first-order valence-corrected chi connectivity index (χ1v) is 5.62. The van der Waals surface area contributed by atoms with Gasteiger partial charge in [0.25, 0.3) is 0 Å². The summed E-state index contributed by atoms with van der Waals surface area (Å²) in [4.78, 5) is 10.8. The lowest BCUT2D eigenvalue weighted by Crippen LogP contribution is -2.51. The summed E-state index contributed by atoms with van der Waals surface area (Å²) in [6, 6.07) is 0.532. The van der Waals surface area contributed by atoms with Gasteiger partial charge in [0.05, 0.1) is 12.8 Å². The van der Waals surface area contributed by atoms with Crippen LogP contribution >= 0.6 is 0 Å². The zero-order chi connectivity index (χ0) is 12.2. The minimum atomic E-state index is -1.48. The summed E-state index contributed by atoms with van der Waals surface area (Å²) in [5.41, 5.74) is 4.05. The normalized spacial score (nSPS) is 27.4. The first-order chi connectivity index (χ1) is 7.49. The van der Waals surface area contributed by atoms with Gasteiger partial charge >= 0.3 is 5.97 Å². The van der Waals surface area contributed by atoms with Crippen LogP contribution in [0.3, 0.4) is 0 Å². The molecule has 6 nitrogen and oxygen atoms in total. The summed E-state index contributed by atoms with van der Waals surface area (Å²) in [5, 5.41) is 24.2. The quantitative estimate of drug-likeness (QED) is 0.266. The number of nitrogens with one attached hydrogen (secondary N) is 2. The summed E-state index contributed by atoms with van der Waals surface area (Å²) < 4.78 is 0. The maximum atomic E-state index is 10.8. The number of carbonyl (C=O) groups is 1. The second-order valence-corrected chi connectivity index (χ2v) is 4.46. The summed E-state index contributed by atoms with van der Waals surface area (Å²) in [6.07, 6.45) is 2.25. The number of aliphatic hydroxyl groups excluding tert-OH is 1. The Bertz CT molecular complexity index is 249. The number of aliphatic carboxylic acids is 1. The monoisotopic (exact) mass is 231 g/mol. The highest BCUT2D eigenvalue weighted by atomic mass is 16.4. The van der Waals surface area contributed by atoms with Crippen LogP contribution in [0.4, 0.5) is 0 Å². The van der Waals surface area contributed by atoms with Crippen molar-refractivity contribution in [1.82, 2.24) is 10.6 Å². The first kappa shape index (κ1) is 13.4. The van der Waals surface area contributed by atoms with Gasteiger partial charge < -0.3 is 21.3 Å². The van der Waals surface area contributed by atoms with E-state index in [2.05, 4.69) is 17.6 Å². The van der Waals surface area contributed by atoms with E-state index in [1.54, 1.807) is 0 Å². The van der Waals surface area contributed by atoms with Crippen molar-refractivity contribution in [3.05, 3.63) is 0 Å². The Kier molecular flexibility index (Phi) is 4.67. The maximum absolute atomic E-state index is 10.8. The fraction of sp³-hybridized carbons (Fsp3) is 0.900. The summed E-state index contributed by atoms with van der Waals surface area (Å²) in [6.45, 7) is 2.42. The fourth-order valence-corrected chi connectivity index (χ4v) is 1.54. The Morgan fingerprint density at radius 1 is 1.56 bits per heavy atom. The molecule has 6 N–H and O–H groups in total. The molecule has 0 saturated carbocycles. The van der Waals surface area contributed by atoms with Crippen LogP contribution in [0.2, 0.25) is 0 Å². The zero-order valence-electron chi connectivity index (χ0n) is 9.57. The summed E-state index contributed by atoms with van der Waals surface area (Å²) in [5.74, 6) is -1.14. The molecule has 6 heteroatoms. The molecule has 0 aromatic heterocycles. The van der Waals surface area contributed by atoms with E-state index in [-0.39, 0.29) is 0 Å². The predicted molar refractivity (Wildman–Crippen MR) is 59.9 cm³/mol. The van der Waals surface area contributed by atoms with E-state index < -0.39 is 18.1 Å². The smallest absolute Gasteiger partial charge is 0.326 e. The molecule has 0 bridgehead atoms. The van der Waals surface area contributed by atoms with Gasteiger partial charge in [0, 0.05) is 6.04 Å². The molecule has 0 spiro atoms. The van der Waals surface area contributed by atoms with Crippen LogP contribution in [0, 0.1) is 0 Å². The van der Waals surface area contributed by atoms with Gasteiger partial charge in [-0.1, -0.05) is 0 Å². The second-order valence-electron chi connectivity index (χ2n) is 4.46. The summed E-state index contributed by atoms with van der Waals surface area (Å²) >= 11 is 0. The van der Waals surface area contributed by atoms with Crippen molar-refractivity contribution < 1.29 is 15.0 Å². The minimum absolute atomic E-state index is 0.300. The van der Waals surface area contributed by atoms with Gasteiger partial charge in [-0.3, -0.25) is 10.1 Å². The third kappa shape index (κ3) is 3.71. The molecular weight excluding hydrogens is 210 g/mol. The molecule has 1 saturated heterocycles. The molecule has 3 atom stereocenters. The van der Waals surface area contributed by atoms with E-state index in [0.717, 1.165) is 13.0 Å². The van der Waals surface area contributed by atoms with E-state index in [0.29, 0.717) is 25.0 Å². The largest absolute Gasteiger partial charge is 0.480 e. The molecule has 1 fully saturated rings. The SMILES string of the molecule is CC1NC1NCCCCC(N)(CO)C(=O)O. The molecule has 94 valence electrons. The van der Waals surface area contributed by atoms with Crippen LogP contribution in [0.15, 0.2) is 0 Å². The number of hydrogen-bond donors (Lipinski definition) is 5. The van der Waals surface area contributed by atoms with Gasteiger partial charge in [0.1, 0.15) is 5.54 Å². The van der Waals surface area contributed by atoms with Crippen LogP contribution in [-0.4, -0.2) is 47.1 Å². The van der Waals surface area contributed by atoms with E-state index in [1.165, 1.54) is 0 Å². The predicted octanol–water partition coefficient (Wildman–Crippen LogP) is -1.16. The van der Waals surface area contributed by atoms with Crippen molar-refractivity contribution in [2.75, 3.05) is 13.2 Å². The topological polar surface area (TPSA) is 118 Å². The van der Waals surface area contributed by atoms with Crippen LogP contribution < -0.4 is 16.4 Å². The number of rotatable bonds is 8. The molecular formula is C10H21N3O3. The summed E-state index contributed by atoms with van der Waals surface area (Å²) in [7, 11) is 0. The Hall–Kier alpha value is -0.690. The van der Waals surface area contributed by atoms with Crippen molar-refractivity contribution in [1.29, 1.82) is 0 Å². The standard InChI is InChI=1S/C10H21N3O3/c1-7-8(13-7)12-5-3-2-4-10(11,6-14)9(15)16/h7-8,12-14H,2-6,11H2,1H3,(H,15,16). The Morgan fingerprint density at radius 3 is 2.62 bits per heavy atom. The van der Waals surface area contributed by atoms with Crippen LogP contribution in [-0.2, 0) is 4.79 Å². The molecule has 0 aromatic carbocycles. The van der Waals surface area contributed by atoms with Gasteiger partial charge in [-0.25, -0.2) is 0 Å². The van der Waals surface area contributed by atoms with Crippen molar-refractivity contribution in [2.45, 2.75) is 43.9 Å². The first-order valence-electron chi connectivity index (χ1n) is 5.62. The number of carboxylic acids is 1. The number of nitrogens with two attached hydrogens (primary N) is 1. The molecule has 3 unspecified atom stereocenters. The lowest BCUT2D eigenvalue weighted by atomic mass is 9.95. The van der Waals surface area contributed by atoms with Crippen molar-refractivity contribution >= 4 is 5.97 Å². The van der Waals surface area contributed by atoms with Crippen LogP contribution in [0.1, 0.15) is 26.2 Å². The number of unbranched alkanes of at least 4 members (excludes halogenated alkanes) is 1. The van der Waals surface area contributed by atoms with Crippen LogP contribution in [0.25, 0.3) is 0 Å². The van der Waals surface area contributed by atoms with Crippen molar-refractivity contribution in [2.24, 2.45) is 5.73 Å². The Balaban J connectivity index is 2.07. The second kappa shape index (κ2) is 5.58. The maximum Gasteiger partial charge on any atom is 0.326 e. The number of aliphatic hydroxyl groups is 1. The lowest BCUT2D eigenvalue weighted by Gasteiger charge is -2.21. The molecule has 1 aliphatic rings. The number of carboxylic acid groups (broad SMARTS) is 1. The van der Waals surface area contributed by atoms with Gasteiger partial charge in [-0.05, 0) is 32.7 Å². The number of hydrogen-bond acceptors (Lipinski definition) is 5. The van der Waals surface area contributed by atoms with E-state index in [1.807, 2.05) is 0 Å². The molecule has 1 rings (SSSR count). The molecule has 16 heavy (non-hydrogen) atoms.